The van der Waals surface area contributed by atoms with Gasteiger partial charge in [0.05, 0.1) is 16.7 Å². The molecule has 1 saturated heterocycles. The molecule has 0 aliphatic carbocycles. The van der Waals surface area contributed by atoms with Gasteiger partial charge in [-0.25, -0.2) is 9.18 Å². The lowest BCUT2D eigenvalue weighted by atomic mass is 10.1. The van der Waals surface area contributed by atoms with E-state index in [0.717, 1.165) is 21.2 Å². The molecule has 9 nitrogen and oxygen atoms in total. The first-order valence-corrected chi connectivity index (χ1v) is 12.8. The van der Waals surface area contributed by atoms with Crippen molar-refractivity contribution >= 4 is 32.9 Å². The smallest absolute Gasteiger partial charge is 0.323 e. The van der Waals surface area contributed by atoms with Crippen LogP contribution >= 0.6 is 15.9 Å². The molecule has 1 aliphatic rings. The third-order valence-corrected chi connectivity index (χ3v) is 7.05. The van der Waals surface area contributed by atoms with Gasteiger partial charge in [-0.15, -0.1) is 10.2 Å². The molecule has 1 fully saturated rings. The van der Waals surface area contributed by atoms with Gasteiger partial charge in [-0.2, -0.15) is 4.80 Å². The number of hydrogen-bond acceptors (Lipinski definition) is 5. The van der Waals surface area contributed by atoms with Gasteiger partial charge in [-0.05, 0) is 79.6 Å². The van der Waals surface area contributed by atoms with Crippen molar-refractivity contribution < 1.29 is 13.9 Å². The van der Waals surface area contributed by atoms with E-state index in [2.05, 4.69) is 25.9 Å². The van der Waals surface area contributed by atoms with Gasteiger partial charge in [0.25, 0.3) is 5.91 Å². The average Bonchev–Trinajstić information content (AvgIpc) is 3.58. The number of carbonyl (C=O) groups excluding carboxylic acids is 1. The largest absolute Gasteiger partial charge is 0.339 e. The van der Waals surface area contributed by atoms with E-state index in [1.165, 1.54) is 16.9 Å². The van der Waals surface area contributed by atoms with Crippen molar-refractivity contribution in [1.82, 2.24) is 29.9 Å². The van der Waals surface area contributed by atoms with Crippen LogP contribution in [-0.2, 0) is 16.0 Å². The molecule has 1 aliphatic heterocycles. The Morgan fingerprint density at radius 1 is 0.974 bits per heavy atom. The Morgan fingerprint density at radius 2 is 1.71 bits per heavy atom. The lowest BCUT2D eigenvalue weighted by molar-refractivity contribution is -0.130. The highest BCUT2D eigenvalue weighted by atomic mass is 79.9. The van der Waals surface area contributed by atoms with Crippen LogP contribution in [0.5, 0.6) is 0 Å². The van der Waals surface area contributed by atoms with E-state index >= 15 is 0 Å². The second-order valence-electron chi connectivity index (χ2n) is 9.08. The number of amides is 1. The van der Waals surface area contributed by atoms with E-state index in [1.807, 2.05) is 42.5 Å². The van der Waals surface area contributed by atoms with E-state index in [0.29, 0.717) is 35.4 Å². The number of hydrogen-bond donors (Lipinski definition) is 2. The van der Waals surface area contributed by atoms with Crippen LogP contribution in [0.25, 0.3) is 28.0 Å². The van der Waals surface area contributed by atoms with Crippen molar-refractivity contribution in [1.29, 1.82) is 0 Å². The number of imidazole rings is 1. The lowest BCUT2D eigenvalue weighted by Crippen LogP contribution is -2.32. The fraction of sp³-hybridized carbons (Fsp3) is 0.185. The summed E-state index contributed by atoms with van der Waals surface area (Å²) in [6.07, 6.45) is -0.909. The molecule has 11 heteroatoms. The van der Waals surface area contributed by atoms with Gasteiger partial charge in [0, 0.05) is 16.6 Å². The van der Waals surface area contributed by atoms with E-state index in [-0.39, 0.29) is 17.4 Å². The van der Waals surface area contributed by atoms with Crippen molar-refractivity contribution in [2.24, 2.45) is 0 Å². The first kappa shape index (κ1) is 24.3. The van der Waals surface area contributed by atoms with Crippen LogP contribution in [-0.4, -0.2) is 48.4 Å². The Balaban J connectivity index is 1.36. The number of nitrogens with one attached hydrogen (secondary N) is 2. The predicted octanol–water partition coefficient (Wildman–Crippen LogP) is 4.49. The van der Waals surface area contributed by atoms with Crippen LogP contribution in [0.3, 0.4) is 0 Å². The third kappa shape index (κ3) is 4.54. The summed E-state index contributed by atoms with van der Waals surface area (Å²) in [5.74, 6) is -0.520. The number of nitrogens with zero attached hydrogens (tertiary/aromatic N) is 4. The van der Waals surface area contributed by atoms with Crippen molar-refractivity contribution in [2.75, 3.05) is 6.54 Å². The van der Waals surface area contributed by atoms with Crippen molar-refractivity contribution in [3.05, 3.63) is 98.8 Å². The maximum Gasteiger partial charge on any atom is 0.323 e. The molecule has 1 amide bonds. The number of ether oxygens (including phenoxy) is 1. The Hall–Kier alpha value is -4.09. The van der Waals surface area contributed by atoms with E-state index in [1.54, 1.807) is 24.0 Å². The summed E-state index contributed by atoms with van der Waals surface area (Å²) in [5, 5.41) is 9.45. The van der Waals surface area contributed by atoms with E-state index in [4.69, 9.17) is 14.9 Å². The second-order valence-corrected chi connectivity index (χ2v) is 9.99. The minimum absolute atomic E-state index is 0.158. The zero-order valence-electron chi connectivity index (χ0n) is 20.2. The molecule has 3 heterocycles. The summed E-state index contributed by atoms with van der Waals surface area (Å²) in [6, 6.07) is 19.1. The molecule has 0 radical (unpaired) electrons. The Morgan fingerprint density at radius 3 is 2.47 bits per heavy atom. The fourth-order valence-electron chi connectivity index (χ4n) is 4.59. The summed E-state index contributed by atoms with van der Waals surface area (Å²) in [6.45, 7) is 2.07. The van der Waals surface area contributed by atoms with Gasteiger partial charge in [-0.3, -0.25) is 4.79 Å². The zero-order chi connectivity index (χ0) is 26.4. The van der Waals surface area contributed by atoms with Crippen LogP contribution < -0.4 is 5.69 Å². The van der Waals surface area contributed by atoms with Crippen molar-refractivity contribution in [3.63, 3.8) is 0 Å². The molecule has 0 unspecified atom stereocenters. The molecule has 6 rings (SSSR count). The SMILES string of the molecule is C[C@@H]1O[C@@H](c2nn(-c3ccc(Br)cc3)nc2-c2ccc(F)cc2)N(CCc2ccc3[nH]c(=O)[nH]c3c2)C1=O. The van der Waals surface area contributed by atoms with E-state index in [9.17, 15) is 14.0 Å². The van der Waals surface area contributed by atoms with Crippen LogP contribution in [0, 0.1) is 5.82 Å². The third-order valence-electron chi connectivity index (χ3n) is 6.52. The van der Waals surface area contributed by atoms with E-state index < -0.39 is 12.3 Å². The number of aromatic amines is 2. The Labute approximate surface area is 224 Å². The van der Waals surface area contributed by atoms with Crippen LogP contribution in [0.1, 0.15) is 24.4 Å². The first-order chi connectivity index (χ1) is 18.4. The number of rotatable bonds is 6. The lowest BCUT2D eigenvalue weighted by Gasteiger charge is -2.22. The predicted molar refractivity (Wildman–Crippen MR) is 142 cm³/mol. The summed E-state index contributed by atoms with van der Waals surface area (Å²) >= 11 is 3.44. The average molecular weight is 577 g/mol. The molecule has 5 aromatic rings. The highest BCUT2D eigenvalue weighted by molar-refractivity contribution is 9.10. The van der Waals surface area contributed by atoms with Crippen LogP contribution in [0.2, 0.25) is 0 Å². The quantitative estimate of drug-likeness (QED) is 0.309. The highest BCUT2D eigenvalue weighted by Gasteiger charge is 2.41. The molecule has 0 saturated carbocycles. The molecule has 3 aromatic carbocycles. The summed E-state index contributed by atoms with van der Waals surface area (Å²) < 4.78 is 20.7. The van der Waals surface area contributed by atoms with Crippen LogP contribution in [0.4, 0.5) is 4.39 Å². The van der Waals surface area contributed by atoms with Gasteiger partial charge in [0.15, 0.2) is 6.23 Å². The standard InChI is InChI=1S/C27H22BrFN6O3/c1-15-25(36)34(13-12-16-2-11-21-22(14-16)31-27(37)30-21)26(38-15)24-23(17-3-7-19(29)8-4-17)32-35(33-24)20-9-5-18(28)6-10-20/h2-11,14-15,26H,12-13H2,1H3,(H2,30,31,37)/t15-,26-/m0/s1. The molecule has 0 bridgehead atoms. The first-order valence-electron chi connectivity index (χ1n) is 12.0. The number of H-pyrrole nitrogens is 2. The van der Waals surface area contributed by atoms with Gasteiger partial charge in [-0.1, -0.05) is 22.0 Å². The molecule has 38 heavy (non-hydrogen) atoms. The second kappa shape index (κ2) is 9.66. The molecule has 0 spiro atoms. The van der Waals surface area contributed by atoms with Crippen LogP contribution in [0.15, 0.2) is 76.0 Å². The molecular weight excluding hydrogens is 555 g/mol. The maximum atomic E-state index is 13.7. The topological polar surface area (TPSA) is 109 Å². The monoisotopic (exact) mass is 576 g/mol. The molecule has 2 atom stereocenters. The molecule has 2 N–H and O–H groups in total. The number of carbonyl (C=O) groups is 1. The molecule has 192 valence electrons. The summed E-state index contributed by atoms with van der Waals surface area (Å²) in [4.78, 5) is 33.4. The van der Waals surface area contributed by atoms with Gasteiger partial charge in [0.1, 0.15) is 23.3 Å². The van der Waals surface area contributed by atoms with Gasteiger partial charge in [0.2, 0.25) is 0 Å². The Bertz CT molecular complexity index is 1690. The number of halogens is 2. The normalized spacial score (nSPS) is 17.6. The zero-order valence-corrected chi connectivity index (χ0v) is 21.8. The number of benzene rings is 3. The summed E-state index contributed by atoms with van der Waals surface area (Å²) in [5.41, 5.74) is 4.45. The number of aromatic nitrogens is 5. The van der Waals surface area contributed by atoms with Crippen molar-refractivity contribution in [2.45, 2.75) is 25.7 Å². The maximum absolute atomic E-state index is 13.7. The minimum Gasteiger partial charge on any atom is -0.339 e. The molecule has 2 aromatic heterocycles. The Kier molecular flexibility index (Phi) is 6.16. The van der Waals surface area contributed by atoms with Gasteiger partial charge < -0.3 is 19.6 Å². The number of fused-ring (bicyclic) bond motifs is 1. The molecular formula is C27H22BrFN6O3. The minimum atomic E-state index is -0.780. The van der Waals surface area contributed by atoms with Gasteiger partial charge >= 0.3 is 5.69 Å². The highest BCUT2D eigenvalue weighted by Crippen LogP contribution is 2.36. The summed E-state index contributed by atoms with van der Waals surface area (Å²) in [7, 11) is 0. The fourth-order valence-corrected chi connectivity index (χ4v) is 4.85. The van der Waals surface area contributed by atoms with Crippen molar-refractivity contribution in [3.8, 4) is 16.9 Å².